The third kappa shape index (κ3) is 2.36. The highest BCUT2D eigenvalue weighted by Crippen LogP contribution is 2.33. The maximum absolute atomic E-state index is 5.99. The normalized spacial score (nSPS) is 9.60. The molecule has 0 aliphatic carbocycles. The van der Waals surface area contributed by atoms with Gasteiger partial charge in [0, 0.05) is 10.8 Å². The van der Waals surface area contributed by atoms with Crippen LogP contribution in [0.4, 0.5) is 5.69 Å². The Morgan fingerprint density at radius 2 is 1.47 bits per heavy atom. The fraction of sp³-hybridized carbons (Fsp3) is 0.167. The molecule has 0 atom stereocenters. The van der Waals surface area contributed by atoms with Gasteiger partial charge in [-0.1, -0.05) is 61.3 Å². The van der Waals surface area contributed by atoms with Gasteiger partial charge >= 0.3 is 0 Å². The second-order valence-corrected chi connectivity index (χ2v) is 3.61. The van der Waals surface area contributed by atoms with E-state index in [1.54, 1.807) is 6.07 Å². The molecule has 15 heavy (non-hydrogen) atoms. The smallest absolute Gasteiger partial charge is 0.0656 e. The molecular weight excluding hydrogens is 229 g/mol. The van der Waals surface area contributed by atoms with Crippen LogP contribution in [0, 0.1) is 0 Å². The summed E-state index contributed by atoms with van der Waals surface area (Å²) in [6.07, 6.45) is 0. The van der Waals surface area contributed by atoms with E-state index in [-0.39, 0.29) is 0 Å². The van der Waals surface area contributed by atoms with Gasteiger partial charge in [-0.2, -0.15) is 0 Å². The van der Waals surface area contributed by atoms with Crippen LogP contribution in [-0.2, 0) is 0 Å². The number of anilines is 1. The summed E-state index contributed by atoms with van der Waals surface area (Å²) in [5, 5.41) is 2.98. The lowest BCUT2D eigenvalue weighted by atomic mass is 10.1. The third-order valence-electron chi connectivity index (χ3n) is 1.99. The first-order chi connectivity index (χ1) is 7.20. The van der Waals surface area contributed by atoms with Gasteiger partial charge in [0.15, 0.2) is 0 Å². The van der Waals surface area contributed by atoms with E-state index in [9.17, 15) is 0 Å². The lowest BCUT2D eigenvalue weighted by Crippen LogP contribution is -1.88. The molecule has 0 aromatic heterocycles. The first kappa shape index (κ1) is 12.2. The van der Waals surface area contributed by atoms with Gasteiger partial charge in [0.25, 0.3) is 0 Å². The highest BCUT2D eigenvalue weighted by Gasteiger charge is 2.05. The molecule has 0 amide bonds. The lowest BCUT2D eigenvalue weighted by Gasteiger charge is -2.05. The molecule has 2 rings (SSSR count). The van der Waals surface area contributed by atoms with Crippen molar-refractivity contribution in [2.24, 2.45) is 0 Å². The molecule has 0 radical (unpaired) electrons. The number of fused-ring (bicyclic) bond motifs is 1. The molecule has 0 heterocycles. The number of hydrogen-bond acceptors (Lipinski definition) is 1. The summed E-state index contributed by atoms with van der Waals surface area (Å²) in [5.41, 5.74) is 6.38. The topological polar surface area (TPSA) is 26.0 Å². The zero-order valence-electron chi connectivity index (χ0n) is 8.72. The summed E-state index contributed by atoms with van der Waals surface area (Å²) in [5.74, 6) is 0. The number of halogens is 2. The van der Waals surface area contributed by atoms with Crippen LogP contribution in [-0.4, -0.2) is 0 Å². The second-order valence-electron chi connectivity index (χ2n) is 2.80. The Hall–Kier alpha value is -0.920. The molecule has 2 N–H and O–H groups in total. The van der Waals surface area contributed by atoms with E-state index < -0.39 is 0 Å². The highest BCUT2D eigenvalue weighted by molar-refractivity contribution is 6.40. The van der Waals surface area contributed by atoms with Crippen LogP contribution in [0.1, 0.15) is 13.8 Å². The van der Waals surface area contributed by atoms with Crippen LogP contribution in [0.5, 0.6) is 0 Å². The first-order valence-corrected chi connectivity index (χ1v) is 5.58. The van der Waals surface area contributed by atoms with Crippen LogP contribution in [0.15, 0.2) is 30.3 Å². The van der Waals surface area contributed by atoms with Crippen molar-refractivity contribution < 1.29 is 0 Å². The quantitative estimate of drug-likeness (QED) is 0.662. The van der Waals surface area contributed by atoms with Crippen LogP contribution in [0.25, 0.3) is 10.8 Å². The number of nitrogens with two attached hydrogens (primary N) is 1. The molecule has 2 aromatic rings. The maximum atomic E-state index is 5.99. The van der Waals surface area contributed by atoms with Crippen molar-refractivity contribution >= 4 is 39.7 Å². The number of benzene rings is 2. The molecule has 0 aliphatic rings. The van der Waals surface area contributed by atoms with Gasteiger partial charge in [0.05, 0.1) is 15.7 Å². The second kappa shape index (κ2) is 5.24. The third-order valence-corrected chi connectivity index (χ3v) is 2.61. The Morgan fingerprint density at radius 3 is 2.07 bits per heavy atom. The fourth-order valence-electron chi connectivity index (χ4n) is 1.32. The van der Waals surface area contributed by atoms with Crippen LogP contribution in [0.2, 0.25) is 10.0 Å². The molecule has 0 fully saturated rings. The predicted molar refractivity (Wildman–Crippen MR) is 69.7 cm³/mol. The van der Waals surface area contributed by atoms with Crippen LogP contribution >= 0.6 is 23.2 Å². The average molecular weight is 242 g/mol. The summed E-state index contributed by atoms with van der Waals surface area (Å²) >= 11 is 11.9. The van der Waals surface area contributed by atoms with Gasteiger partial charge in [-0.05, 0) is 6.07 Å². The Labute approximate surface area is 99.8 Å². The van der Waals surface area contributed by atoms with Crippen molar-refractivity contribution in [1.29, 1.82) is 0 Å². The van der Waals surface area contributed by atoms with Gasteiger partial charge in [0.2, 0.25) is 0 Å². The van der Waals surface area contributed by atoms with Crippen molar-refractivity contribution in [3.05, 3.63) is 40.4 Å². The van der Waals surface area contributed by atoms with E-state index >= 15 is 0 Å². The summed E-state index contributed by atoms with van der Waals surface area (Å²) < 4.78 is 0. The maximum Gasteiger partial charge on any atom is 0.0656 e. The zero-order valence-corrected chi connectivity index (χ0v) is 10.2. The van der Waals surface area contributed by atoms with E-state index in [1.807, 2.05) is 38.1 Å². The van der Waals surface area contributed by atoms with Gasteiger partial charge in [0.1, 0.15) is 0 Å². The Morgan fingerprint density at radius 1 is 0.933 bits per heavy atom. The predicted octanol–water partition coefficient (Wildman–Crippen LogP) is 4.76. The van der Waals surface area contributed by atoms with Gasteiger partial charge in [-0.3, -0.25) is 0 Å². The molecule has 1 nitrogen and oxygen atoms in total. The highest BCUT2D eigenvalue weighted by atomic mass is 35.5. The minimum absolute atomic E-state index is 0.503. The fourth-order valence-corrected chi connectivity index (χ4v) is 1.86. The summed E-state index contributed by atoms with van der Waals surface area (Å²) in [4.78, 5) is 0. The average Bonchev–Trinajstić information content (AvgIpc) is 2.29. The van der Waals surface area contributed by atoms with E-state index in [0.29, 0.717) is 15.7 Å². The number of nitrogen functional groups attached to an aromatic ring is 1. The van der Waals surface area contributed by atoms with Crippen molar-refractivity contribution in [1.82, 2.24) is 0 Å². The molecule has 80 valence electrons. The van der Waals surface area contributed by atoms with Crippen molar-refractivity contribution in [3.8, 4) is 0 Å². The summed E-state index contributed by atoms with van der Waals surface area (Å²) in [6, 6.07) is 9.32. The van der Waals surface area contributed by atoms with Crippen molar-refractivity contribution in [2.75, 3.05) is 5.73 Å². The summed E-state index contributed by atoms with van der Waals surface area (Å²) in [7, 11) is 0. The van der Waals surface area contributed by atoms with E-state index in [2.05, 4.69) is 0 Å². The van der Waals surface area contributed by atoms with Gasteiger partial charge < -0.3 is 5.73 Å². The molecule has 3 heteroatoms. The molecule has 0 unspecified atom stereocenters. The Bertz CT molecular complexity index is 466. The zero-order chi connectivity index (χ0) is 11.4. The number of hydrogen-bond donors (Lipinski definition) is 1. The van der Waals surface area contributed by atoms with Crippen molar-refractivity contribution in [2.45, 2.75) is 13.8 Å². The minimum Gasteiger partial charge on any atom is -0.397 e. The first-order valence-electron chi connectivity index (χ1n) is 4.82. The minimum atomic E-state index is 0.503. The standard InChI is InChI=1S/C10H7Cl2N.C2H6/c11-8-5-9(12)10(13)7-4-2-1-3-6(7)8;1-2/h1-5H,13H2;1-2H3. The van der Waals surface area contributed by atoms with Crippen LogP contribution < -0.4 is 5.73 Å². The van der Waals surface area contributed by atoms with E-state index in [1.165, 1.54) is 0 Å². The van der Waals surface area contributed by atoms with Crippen LogP contribution in [0.3, 0.4) is 0 Å². The summed E-state index contributed by atoms with van der Waals surface area (Å²) in [6.45, 7) is 4.00. The molecule has 2 aromatic carbocycles. The van der Waals surface area contributed by atoms with Gasteiger partial charge in [-0.25, -0.2) is 0 Å². The molecule has 0 aliphatic heterocycles. The van der Waals surface area contributed by atoms with Gasteiger partial charge in [-0.15, -0.1) is 0 Å². The molecule has 0 saturated carbocycles. The molecule has 0 saturated heterocycles. The monoisotopic (exact) mass is 241 g/mol. The van der Waals surface area contributed by atoms with Crippen molar-refractivity contribution in [3.63, 3.8) is 0 Å². The molecule has 0 spiro atoms. The Balaban J connectivity index is 0.000000531. The Kier molecular flexibility index (Phi) is 4.25. The van der Waals surface area contributed by atoms with E-state index in [4.69, 9.17) is 28.9 Å². The lowest BCUT2D eigenvalue weighted by molar-refractivity contribution is 1.50. The number of rotatable bonds is 0. The largest absolute Gasteiger partial charge is 0.397 e. The molecule has 0 bridgehead atoms. The SMILES string of the molecule is CC.Nc1c(Cl)cc(Cl)c2ccccc12. The van der Waals surface area contributed by atoms with E-state index in [0.717, 1.165) is 10.8 Å². The molecular formula is C12H13Cl2N.